The van der Waals surface area contributed by atoms with Gasteiger partial charge < -0.3 is 10.1 Å². The van der Waals surface area contributed by atoms with Crippen LogP contribution in [0.3, 0.4) is 0 Å². The molecule has 0 radical (unpaired) electrons. The number of anilines is 1. The van der Waals surface area contributed by atoms with E-state index in [0.29, 0.717) is 16.5 Å². The number of rotatable bonds is 4. The van der Waals surface area contributed by atoms with Gasteiger partial charge in [0.25, 0.3) is 5.91 Å². The van der Waals surface area contributed by atoms with Crippen molar-refractivity contribution in [1.82, 2.24) is 0 Å². The van der Waals surface area contributed by atoms with Crippen molar-refractivity contribution in [2.45, 2.75) is 13.8 Å². The Bertz CT molecular complexity index is 653. The largest absolute Gasteiger partial charge is 0.484 e. The van der Waals surface area contributed by atoms with E-state index in [9.17, 15) is 4.79 Å². The molecule has 1 N–H and O–H groups in total. The zero-order valence-corrected chi connectivity index (χ0v) is 14.1. The van der Waals surface area contributed by atoms with E-state index in [2.05, 4.69) is 27.3 Å². The molecule has 0 aliphatic heterocycles. The fourth-order valence-electron chi connectivity index (χ4n) is 1.94. The van der Waals surface area contributed by atoms with Crippen molar-refractivity contribution in [3.05, 3.63) is 57.0 Å². The number of hydrogen-bond acceptors (Lipinski definition) is 2. The highest BCUT2D eigenvalue weighted by Gasteiger charge is 2.07. The maximum absolute atomic E-state index is 11.9. The summed E-state index contributed by atoms with van der Waals surface area (Å²) in [6, 6.07) is 11.1. The lowest BCUT2D eigenvalue weighted by molar-refractivity contribution is -0.118. The summed E-state index contributed by atoms with van der Waals surface area (Å²) in [5, 5.41) is 3.20. The molecule has 0 atom stereocenters. The van der Waals surface area contributed by atoms with Crippen molar-refractivity contribution in [2.24, 2.45) is 0 Å². The number of amides is 1. The second-order valence-corrected chi connectivity index (χ2v) is 6.11. The van der Waals surface area contributed by atoms with E-state index in [4.69, 9.17) is 16.3 Å². The van der Waals surface area contributed by atoms with E-state index in [1.54, 1.807) is 12.1 Å². The molecule has 0 unspecified atom stereocenters. The molecule has 0 heterocycles. The third-order valence-corrected chi connectivity index (χ3v) is 3.58. The van der Waals surface area contributed by atoms with Crippen LogP contribution in [0.1, 0.15) is 11.1 Å². The Hall–Kier alpha value is -1.52. The van der Waals surface area contributed by atoms with E-state index < -0.39 is 0 Å². The normalized spacial score (nSPS) is 10.3. The summed E-state index contributed by atoms with van der Waals surface area (Å²) in [5.41, 5.74) is 2.76. The Morgan fingerprint density at radius 3 is 2.48 bits per heavy atom. The average Bonchev–Trinajstić information content (AvgIpc) is 2.39. The first-order valence-electron chi connectivity index (χ1n) is 6.40. The molecule has 2 rings (SSSR count). The van der Waals surface area contributed by atoms with E-state index in [-0.39, 0.29) is 12.5 Å². The topological polar surface area (TPSA) is 38.3 Å². The zero-order chi connectivity index (χ0) is 15.4. The first-order chi connectivity index (χ1) is 9.94. The molecule has 0 aliphatic carbocycles. The number of nitrogens with one attached hydrogen (secondary N) is 1. The summed E-state index contributed by atoms with van der Waals surface area (Å²) in [4.78, 5) is 11.9. The van der Waals surface area contributed by atoms with Gasteiger partial charge in [0.1, 0.15) is 5.75 Å². The SMILES string of the molecule is Cc1cc(C)cc(OCC(=O)Nc2ccc(Br)cc2Cl)c1. The van der Waals surface area contributed by atoms with Gasteiger partial charge in [0.2, 0.25) is 0 Å². The minimum atomic E-state index is -0.251. The maximum atomic E-state index is 11.9. The highest BCUT2D eigenvalue weighted by Crippen LogP contribution is 2.25. The second kappa shape index (κ2) is 6.96. The molecule has 5 heteroatoms. The number of benzene rings is 2. The molecule has 21 heavy (non-hydrogen) atoms. The molecule has 2 aromatic carbocycles. The Labute approximate surface area is 137 Å². The van der Waals surface area contributed by atoms with E-state index in [1.807, 2.05) is 32.0 Å². The minimum Gasteiger partial charge on any atom is -0.484 e. The van der Waals surface area contributed by atoms with Crippen LogP contribution in [0, 0.1) is 13.8 Å². The number of carbonyl (C=O) groups is 1. The van der Waals surface area contributed by atoms with E-state index in [0.717, 1.165) is 15.6 Å². The van der Waals surface area contributed by atoms with E-state index in [1.165, 1.54) is 0 Å². The van der Waals surface area contributed by atoms with Crippen LogP contribution in [0.25, 0.3) is 0 Å². The van der Waals surface area contributed by atoms with Crippen LogP contribution in [-0.4, -0.2) is 12.5 Å². The van der Waals surface area contributed by atoms with Crippen molar-refractivity contribution in [3.8, 4) is 5.75 Å². The third-order valence-electron chi connectivity index (χ3n) is 2.77. The third kappa shape index (κ3) is 4.76. The Balaban J connectivity index is 1.95. The molecule has 110 valence electrons. The quantitative estimate of drug-likeness (QED) is 0.846. The van der Waals surface area contributed by atoms with Crippen molar-refractivity contribution < 1.29 is 9.53 Å². The molecule has 0 fully saturated rings. The summed E-state index contributed by atoms with van der Waals surface area (Å²) in [6.45, 7) is 3.92. The van der Waals surface area contributed by atoms with E-state index >= 15 is 0 Å². The molecule has 0 bridgehead atoms. The van der Waals surface area contributed by atoms with Gasteiger partial charge in [0.15, 0.2) is 6.61 Å². The summed E-state index contributed by atoms with van der Waals surface area (Å²) in [5.74, 6) is 0.433. The Morgan fingerprint density at radius 1 is 1.19 bits per heavy atom. The van der Waals surface area contributed by atoms with Crippen molar-refractivity contribution in [3.63, 3.8) is 0 Å². The summed E-state index contributed by atoms with van der Waals surface area (Å²) in [7, 11) is 0. The molecule has 0 aromatic heterocycles. The summed E-state index contributed by atoms with van der Waals surface area (Å²) in [6.07, 6.45) is 0. The van der Waals surface area contributed by atoms with Crippen LogP contribution < -0.4 is 10.1 Å². The van der Waals surface area contributed by atoms with Crippen LogP contribution in [0.5, 0.6) is 5.75 Å². The predicted octanol–water partition coefficient (Wildman–Crippen LogP) is 4.74. The molecule has 0 spiro atoms. The molecular weight excluding hydrogens is 354 g/mol. The van der Waals surface area contributed by atoms with Gasteiger partial charge in [-0.25, -0.2) is 0 Å². The molecular formula is C16H15BrClNO2. The smallest absolute Gasteiger partial charge is 0.262 e. The van der Waals surface area contributed by atoms with Crippen molar-refractivity contribution in [2.75, 3.05) is 11.9 Å². The van der Waals surface area contributed by atoms with Crippen LogP contribution in [-0.2, 0) is 4.79 Å². The van der Waals surface area contributed by atoms with Crippen LogP contribution in [0.4, 0.5) is 5.69 Å². The lowest BCUT2D eigenvalue weighted by Crippen LogP contribution is -2.20. The van der Waals surface area contributed by atoms with Gasteiger partial charge in [0.05, 0.1) is 10.7 Å². The average molecular weight is 369 g/mol. The summed E-state index contributed by atoms with van der Waals surface area (Å²) < 4.78 is 6.36. The number of carbonyl (C=O) groups excluding carboxylic acids is 1. The number of ether oxygens (including phenoxy) is 1. The van der Waals surface area contributed by atoms with Crippen LogP contribution in [0.15, 0.2) is 40.9 Å². The fourth-order valence-corrected chi connectivity index (χ4v) is 2.66. The molecule has 0 aliphatic rings. The minimum absolute atomic E-state index is 0.0602. The maximum Gasteiger partial charge on any atom is 0.262 e. The number of hydrogen-bond donors (Lipinski definition) is 1. The first-order valence-corrected chi connectivity index (χ1v) is 7.57. The van der Waals surface area contributed by atoms with Gasteiger partial charge >= 0.3 is 0 Å². The highest BCUT2D eigenvalue weighted by atomic mass is 79.9. The molecule has 0 saturated heterocycles. The van der Waals surface area contributed by atoms with Gasteiger partial charge in [-0.1, -0.05) is 33.6 Å². The van der Waals surface area contributed by atoms with Crippen LogP contribution >= 0.6 is 27.5 Å². The van der Waals surface area contributed by atoms with Gasteiger partial charge in [-0.15, -0.1) is 0 Å². The first kappa shape index (κ1) is 15.9. The molecule has 2 aromatic rings. The predicted molar refractivity (Wildman–Crippen MR) is 89.2 cm³/mol. The number of aryl methyl sites for hydroxylation is 2. The van der Waals surface area contributed by atoms with Gasteiger partial charge in [-0.3, -0.25) is 4.79 Å². The lowest BCUT2D eigenvalue weighted by atomic mass is 10.1. The lowest BCUT2D eigenvalue weighted by Gasteiger charge is -2.10. The number of halogens is 2. The van der Waals surface area contributed by atoms with Gasteiger partial charge in [-0.05, 0) is 55.3 Å². The highest BCUT2D eigenvalue weighted by molar-refractivity contribution is 9.10. The van der Waals surface area contributed by atoms with Gasteiger partial charge in [0, 0.05) is 4.47 Å². The van der Waals surface area contributed by atoms with Crippen LogP contribution in [0.2, 0.25) is 5.02 Å². The van der Waals surface area contributed by atoms with Crippen molar-refractivity contribution in [1.29, 1.82) is 0 Å². The monoisotopic (exact) mass is 367 g/mol. The van der Waals surface area contributed by atoms with Crippen molar-refractivity contribution >= 4 is 39.1 Å². The zero-order valence-electron chi connectivity index (χ0n) is 11.7. The molecule has 3 nitrogen and oxygen atoms in total. The van der Waals surface area contributed by atoms with Gasteiger partial charge in [-0.2, -0.15) is 0 Å². The standard InChI is InChI=1S/C16H15BrClNO2/c1-10-5-11(2)7-13(6-10)21-9-16(20)19-15-4-3-12(17)8-14(15)18/h3-8H,9H2,1-2H3,(H,19,20). The molecule has 1 amide bonds. The Kier molecular flexibility index (Phi) is 5.26. The second-order valence-electron chi connectivity index (χ2n) is 4.78. The Morgan fingerprint density at radius 2 is 1.86 bits per heavy atom. The fraction of sp³-hybridized carbons (Fsp3) is 0.188. The molecule has 0 saturated carbocycles. The summed E-state index contributed by atoms with van der Waals surface area (Å²) >= 11 is 9.36.